The van der Waals surface area contributed by atoms with Gasteiger partial charge in [0.25, 0.3) is 5.91 Å². The van der Waals surface area contributed by atoms with Gasteiger partial charge < -0.3 is 14.8 Å². The van der Waals surface area contributed by atoms with Crippen LogP contribution in [0.25, 0.3) is 21.8 Å². The topological polar surface area (TPSA) is 72.5 Å². The zero-order valence-electron chi connectivity index (χ0n) is 22.1. The number of likely N-dealkylation sites (tertiary alicyclic amines) is 2. The van der Waals surface area contributed by atoms with Crippen LogP contribution in [0.3, 0.4) is 0 Å². The number of hydrogen-bond acceptors (Lipinski definition) is 4. The van der Waals surface area contributed by atoms with Gasteiger partial charge in [0.2, 0.25) is 5.91 Å². The predicted octanol–water partition coefficient (Wildman–Crippen LogP) is 5.74. The average molecular weight is 544 g/mol. The van der Waals surface area contributed by atoms with Crippen LogP contribution in [0.15, 0.2) is 60.9 Å². The second kappa shape index (κ2) is 11.4. The van der Waals surface area contributed by atoms with Crippen LogP contribution in [0.4, 0.5) is 5.69 Å². The molecule has 2 amide bonds. The van der Waals surface area contributed by atoms with E-state index in [0.29, 0.717) is 27.7 Å². The van der Waals surface area contributed by atoms with Gasteiger partial charge in [0.15, 0.2) is 0 Å². The normalized spacial score (nSPS) is 17.1. The molecule has 39 heavy (non-hydrogen) atoms. The number of piperidine rings is 2. The highest BCUT2D eigenvalue weighted by Gasteiger charge is 2.29. The highest BCUT2D eigenvalue weighted by molar-refractivity contribution is 6.35. The van der Waals surface area contributed by atoms with Gasteiger partial charge in [-0.1, -0.05) is 42.3 Å². The summed E-state index contributed by atoms with van der Waals surface area (Å²) in [6, 6.07) is 15.0. The summed E-state index contributed by atoms with van der Waals surface area (Å²) in [6.45, 7) is 4.99. The number of carbonyl (C=O) groups is 2. The van der Waals surface area contributed by atoms with Crippen LogP contribution in [-0.2, 0) is 4.79 Å². The maximum Gasteiger partial charge on any atom is 0.258 e. The van der Waals surface area contributed by atoms with E-state index in [1.54, 1.807) is 29.4 Å². The number of pyridine rings is 1. The molecule has 1 N–H and O–H groups in total. The molecule has 2 aromatic heterocycles. The smallest absolute Gasteiger partial charge is 0.258 e. The van der Waals surface area contributed by atoms with Crippen LogP contribution in [0, 0.1) is 5.92 Å². The molecule has 202 valence electrons. The van der Waals surface area contributed by atoms with Crippen LogP contribution >= 0.6 is 11.6 Å². The maximum absolute atomic E-state index is 14.0. The molecule has 2 fully saturated rings. The Labute approximate surface area is 233 Å². The summed E-state index contributed by atoms with van der Waals surface area (Å²) >= 11 is 6.26. The zero-order chi connectivity index (χ0) is 26.8. The minimum atomic E-state index is -0.242. The van der Waals surface area contributed by atoms with E-state index in [1.807, 2.05) is 41.3 Å². The van der Waals surface area contributed by atoms with Gasteiger partial charge in [-0.15, -0.1) is 0 Å². The van der Waals surface area contributed by atoms with Gasteiger partial charge in [-0.3, -0.25) is 19.5 Å². The summed E-state index contributed by atoms with van der Waals surface area (Å²) < 4.78 is 0. The minimum Gasteiger partial charge on any atom is -0.360 e. The lowest BCUT2D eigenvalue weighted by atomic mass is 9.95. The number of fused-ring (bicyclic) bond motifs is 2. The summed E-state index contributed by atoms with van der Waals surface area (Å²) in [6.07, 6.45) is 9.40. The molecular formula is C31H34ClN5O2. The maximum atomic E-state index is 14.0. The third-order valence-electron chi connectivity index (χ3n) is 8.25. The quantitative estimate of drug-likeness (QED) is 0.336. The molecule has 4 heterocycles. The monoisotopic (exact) mass is 543 g/mol. The van der Waals surface area contributed by atoms with E-state index >= 15 is 0 Å². The van der Waals surface area contributed by atoms with Crippen molar-refractivity contribution >= 4 is 50.9 Å². The van der Waals surface area contributed by atoms with Gasteiger partial charge in [-0.2, -0.15) is 0 Å². The van der Waals surface area contributed by atoms with Gasteiger partial charge in [-0.05, 0) is 69.0 Å². The Morgan fingerprint density at radius 2 is 1.79 bits per heavy atom. The molecule has 0 aliphatic carbocycles. The summed E-state index contributed by atoms with van der Waals surface area (Å²) in [5.41, 5.74) is 2.60. The number of H-pyrrole nitrogens is 1. The highest BCUT2D eigenvalue weighted by atomic mass is 35.5. The molecule has 7 nitrogen and oxygen atoms in total. The third kappa shape index (κ3) is 5.52. The van der Waals surface area contributed by atoms with Crippen molar-refractivity contribution in [3.63, 3.8) is 0 Å². The number of rotatable bonds is 6. The number of benzene rings is 2. The van der Waals surface area contributed by atoms with Crippen molar-refractivity contribution in [3.8, 4) is 0 Å². The molecule has 0 unspecified atom stereocenters. The number of nitrogens with zero attached hydrogens (tertiary/aromatic N) is 4. The van der Waals surface area contributed by atoms with Gasteiger partial charge in [-0.25, -0.2) is 0 Å². The summed E-state index contributed by atoms with van der Waals surface area (Å²) in [5, 5.41) is 2.39. The van der Waals surface area contributed by atoms with Crippen LogP contribution in [-0.4, -0.2) is 70.9 Å². The Kier molecular flexibility index (Phi) is 7.53. The van der Waals surface area contributed by atoms with Gasteiger partial charge in [0.05, 0.1) is 16.2 Å². The molecule has 8 heteroatoms. The second-order valence-corrected chi connectivity index (χ2v) is 11.2. The van der Waals surface area contributed by atoms with Crippen molar-refractivity contribution in [1.29, 1.82) is 0 Å². The van der Waals surface area contributed by atoms with Gasteiger partial charge in [0.1, 0.15) is 6.54 Å². The molecule has 6 rings (SSSR count). The van der Waals surface area contributed by atoms with Crippen molar-refractivity contribution in [2.45, 2.75) is 32.1 Å². The minimum absolute atomic E-state index is 0.0308. The fourth-order valence-electron chi connectivity index (χ4n) is 6.06. The lowest BCUT2D eigenvalue weighted by molar-refractivity contribution is -0.131. The lowest BCUT2D eigenvalue weighted by Gasteiger charge is -2.37. The molecular weight excluding hydrogens is 510 g/mol. The van der Waals surface area contributed by atoms with Crippen molar-refractivity contribution in [2.75, 3.05) is 44.2 Å². The Hall–Kier alpha value is -3.42. The van der Waals surface area contributed by atoms with Crippen molar-refractivity contribution in [1.82, 2.24) is 19.8 Å². The summed E-state index contributed by atoms with van der Waals surface area (Å²) in [7, 11) is 0. The number of para-hydroxylation sites is 1. The Morgan fingerprint density at radius 1 is 1.00 bits per heavy atom. The molecule has 0 spiro atoms. The van der Waals surface area contributed by atoms with Gasteiger partial charge in [0, 0.05) is 53.9 Å². The molecule has 0 saturated carbocycles. The number of amides is 2. The molecule has 2 aromatic carbocycles. The van der Waals surface area contributed by atoms with E-state index in [2.05, 4.69) is 14.9 Å². The molecule has 0 atom stereocenters. The first kappa shape index (κ1) is 25.8. The Morgan fingerprint density at radius 3 is 2.62 bits per heavy atom. The highest BCUT2D eigenvalue weighted by Crippen LogP contribution is 2.29. The molecule has 2 aliphatic heterocycles. The number of aromatic amines is 1. The lowest BCUT2D eigenvalue weighted by Crippen LogP contribution is -2.47. The molecule has 4 aromatic rings. The number of anilines is 1. The first-order valence-corrected chi connectivity index (χ1v) is 14.4. The van der Waals surface area contributed by atoms with Crippen LogP contribution in [0.2, 0.25) is 5.02 Å². The fourth-order valence-corrected chi connectivity index (χ4v) is 6.28. The average Bonchev–Trinajstić information content (AvgIpc) is 3.36. The molecule has 2 aliphatic rings. The van der Waals surface area contributed by atoms with Crippen LogP contribution in [0.1, 0.15) is 42.5 Å². The molecule has 0 bridgehead atoms. The second-order valence-electron chi connectivity index (χ2n) is 10.8. The van der Waals surface area contributed by atoms with E-state index in [1.165, 1.54) is 32.4 Å². The standard InChI is InChI=1S/C31H34ClN5O2/c32-26-19-34-27-18-24(9-10-25(26)27)31(39)37(28-8-4-6-23-7-5-13-33-30(23)28)21-29(38)36-16-11-22(12-17-36)20-35-14-2-1-3-15-35/h4-10,13,18-19,22,34H,1-3,11-12,14-17,20-21H2. The Balaban J connectivity index is 1.23. The Bertz CT molecular complexity index is 1480. The predicted molar refractivity (Wildman–Crippen MR) is 156 cm³/mol. The number of halogens is 1. The molecule has 2 saturated heterocycles. The first-order valence-electron chi connectivity index (χ1n) is 14.0. The number of aromatic nitrogens is 2. The van der Waals surface area contributed by atoms with E-state index in [0.717, 1.165) is 48.8 Å². The number of carbonyl (C=O) groups excluding carboxylic acids is 2. The first-order chi connectivity index (χ1) is 19.1. The summed E-state index contributed by atoms with van der Waals surface area (Å²) in [5.74, 6) is 0.359. The largest absolute Gasteiger partial charge is 0.360 e. The van der Waals surface area contributed by atoms with Crippen molar-refractivity contribution < 1.29 is 9.59 Å². The fraction of sp³-hybridized carbons (Fsp3) is 0.387. The summed E-state index contributed by atoms with van der Waals surface area (Å²) in [4.78, 5) is 41.5. The van der Waals surface area contributed by atoms with Crippen molar-refractivity contribution in [3.05, 3.63) is 71.5 Å². The van der Waals surface area contributed by atoms with E-state index in [-0.39, 0.29) is 18.4 Å². The van der Waals surface area contributed by atoms with Crippen LogP contribution < -0.4 is 4.90 Å². The van der Waals surface area contributed by atoms with Crippen molar-refractivity contribution in [2.24, 2.45) is 5.92 Å². The van der Waals surface area contributed by atoms with Gasteiger partial charge >= 0.3 is 0 Å². The third-order valence-corrected chi connectivity index (χ3v) is 8.56. The zero-order valence-corrected chi connectivity index (χ0v) is 22.9. The molecule has 0 radical (unpaired) electrons. The SMILES string of the molecule is O=C(CN(C(=O)c1ccc2c(Cl)c[nH]c2c1)c1cccc2cccnc12)N1CCC(CN2CCCCC2)CC1. The van der Waals surface area contributed by atoms with E-state index < -0.39 is 0 Å². The van der Waals surface area contributed by atoms with E-state index in [4.69, 9.17) is 11.6 Å². The van der Waals surface area contributed by atoms with E-state index in [9.17, 15) is 9.59 Å². The number of nitrogens with one attached hydrogen (secondary N) is 1. The van der Waals surface area contributed by atoms with Crippen LogP contribution in [0.5, 0.6) is 0 Å². The number of hydrogen-bond donors (Lipinski definition) is 1.